The number of carbonyl (C=O) groups is 1. The fourth-order valence-corrected chi connectivity index (χ4v) is 3.27. The first-order valence-electron chi connectivity index (χ1n) is 9.51. The van der Waals surface area contributed by atoms with Crippen LogP contribution in [0.2, 0.25) is 0 Å². The third kappa shape index (κ3) is 4.34. The number of benzene rings is 2. The van der Waals surface area contributed by atoms with Crippen LogP contribution in [0.5, 0.6) is 5.75 Å². The zero-order valence-electron chi connectivity index (χ0n) is 16.1. The van der Waals surface area contributed by atoms with Gasteiger partial charge < -0.3 is 18.8 Å². The first kappa shape index (κ1) is 19.7. The summed E-state index contributed by atoms with van der Waals surface area (Å²) in [5, 5.41) is 9.12. The standard InChI is InChI=1S/C23H19FN2O4/c24-18-7-5-16(6-8-18)22-14-26(11-12-28-22)23(27)21-10-9-19(30-21)15-29-20-4-2-1-3-17(20)13-25/h1-10,22H,11-12,14-15H2. The van der Waals surface area contributed by atoms with Crippen LogP contribution in [-0.2, 0) is 11.3 Å². The highest BCUT2D eigenvalue weighted by atomic mass is 19.1. The Hall–Kier alpha value is -3.63. The number of rotatable bonds is 5. The number of morpholine rings is 1. The normalized spacial score (nSPS) is 16.1. The lowest BCUT2D eigenvalue weighted by Gasteiger charge is -2.32. The van der Waals surface area contributed by atoms with Crippen LogP contribution in [0.4, 0.5) is 4.39 Å². The molecule has 0 aliphatic carbocycles. The summed E-state index contributed by atoms with van der Waals surface area (Å²) in [4.78, 5) is 14.5. The second kappa shape index (κ2) is 8.80. The molecule has 0 saturated carbocycles. The predicted molar refractivity (Wildman–Crippen MR) is 105 cm³/mol. The van der Waals surface area contributed by atoms with Gasteiger partial charge in [-0.3, -0.25) is 4.79 Å². The molecule has 7 heteroatoms. The summed E-state index contributed by atoms with van der Waals surface area (Å²) in [6.45, 7) is 1.29. The Bertz CT molecular complexity index is 1070. The molecule has 6 nitrogen and oxygen atoms in total. The third-order valence-electron chi connectivity index (χ3n) is 4.85. The summed E-state index contributed by atoms with van der Waals surface area (Å²) < 4.78 is 30.2. The average molecular weight is 406 g/mol. The van der Waals surface area contributed by atoms with E-state index in [1.807, 2.05) is 0 Å². The lowest BCUT2D eigenvalue weighted by atomic mass is 10.1. The van der Waals surface area contributed by atoms with Crippen molar-refractivity contribution in [2.75, 3.05) is 19.7 Å². The summed E-state index contributed by atoms with van der Waals surface area (Å²) >= 11 is 0. The molecule has 0 N–H and O–H groups in total. The van der Waals surface area contributed by atoms with Crippen molar-refractivity contribution in [3.05, 3.63) is 89.1 Å². The van der Waals surface area contributed by atoms with Gasteiger partial charge in [-0.25, -0.2) is 4.39 Å². The van der Waals surface area contributed by atoms with Crippen molar-refractivity contribution >= 4 is 5.91 Å². The molecule has 1 fully saturated rings. The molecule has 0 spiro atoms. The molecule has 1 saturated heterocycles. The molecule has 1 unspecified atom stereocenters. The first-order valence-corrected chi connectivity index (χ1v) is 9.51. The van der Waals surface area contributed by atoms with E-state index in [1.54, 1.807) is 53.4 Å². The summed E-state index contributed by atoms with van der Waals surface area (Å²) in [6.07, 6.45) is -0.316. The molecular formula is C23H19FN2O4. The highest BCUT2D eigenvalue weighted by Crippen LogP contribution is 2.24. The van der Waals surface area contributed by atoms with Crippen molar-refractivity contribution in [3.8, 4) is 11.8 Å². The number of carbonyl (C=O) groups excluding carboxylic acids is 1. The Morgan fingerprint density at radius 2 is 1.97 bits per heavy atom. The Kier molecular flexibility index (Phi) is 5.77. The summed E-state index contributed by atoms with van der Waals surface area (Å²) in [6, 6.07) is 18.4. The Morgan fingerprint density at radius 1 is 1.17 bits per heavy atom. The number of furan rings is 1. The van der Waals surface area contributed by atoms with Crippen molar-refractivity contribution in [3.63, 3.8) is 0 Å². The minimum Gasteiger partial charge on any atom is -0.484 e. The van der Waals surface area contributed by atoms with Crippen LogP contribution in [0.15, 0.2) is 65.1 Å². The van der Waals surface area contributed by atoms with Gasteiger partial charge in [-0.2, -0.15) is 5.26 Å². The highest BCUT2D eigenvalue weighted by Gasteiger charge is 2.27. The summed E-state index contributed by atoms with van der Waals surface area (Å²) in [5.74, 6) is 0.593. The predicted octanol–water partition coefficient (Wildman–Crippen LogP) is 4.08. The Morgan fingerprint density at radius 3 is 2.77 bits per heavy atom. The molecule has 1 aliphatic heterocycles. The molecule has 1 atom stereocenters. The molecule has 3 aromatic rings. The molecule has 0 bridgehead atoms. The lowest BCUT2D eigenvalue weighted by molar-refractivity contribution is -0.0238. The second-order valence-corrected chi connectivity index (χ2v) is 6.82. The molecule has 152 valence electrons. The van der Waals surface area contributed by atoms with E-state index in [0.29, 0.717) is 36.8 Å². The topological polar surface area (TPSA) is 75.7 Å². The first-order chi connectivity index (χ1) is 14.6. The van der Waals surface area contributed by atoms with Gasteiger partial charge in [0.05, 0.1) is 18.7 Å². The second-order valence-electron chi connectivity index (χ2n) is 6.82. The fraction of sp³-hybridized carbons (Fsp3) is 0.217. The van der Waals surface area contributed by atoms with Crippen LogP contribution in [0.3, 0.4) is 0 Å². The molecule has 30 heavy (non-hydrogen) atoms. The van der Waals surface area contributed by atoms with Crippen molar-refractivity contribution in [2.45, 2.75) is 12.7 Å². The van der Waals surface area contributed by atoms with E-state index in [1.165, 1.54) is 12.1 Å². The largest absolute Gasteiger partial charge is 0.484 e. The smallest absolute Gasteiger partial charge is 0.289 e. The van der Waals surface area contributed by atoms with E-state index < -0.39 is 0 Å². The van der Waals surface area contributed by atoms with Crippen LogP contribution in [-0.4, -0.2) is 30.5 Å². The highest BCUT2D eigenvalue weighted by molar-refractivity contribution is 5.91. The molecular weight excluding hydrogens is 387 g/mol. The van der Waals surface area contributed by atoms with Gasteiger partial charge in [0.1, 0.15) is 36.1 Å². The Labute approximate surface area is 173 Å². The molecule has 2 heterocycles. The fourth-order valence-electron chi connectivity index (χ4n) is 3.27. The maximum atomic E-state index is 13.2. The van der Waals surface area contributed by atoms with Crippen molar-refractivity contribution in [2.24, 2.45) is 0 Å². The number of hydrogen-bond acceptors (Lipinski definition) is 5. The lowest BCUT2D eigenvalue weighted by Crippen LogP contribution is -2.42. The third-order valence-corrected chi connectivity index (χ3v) is 4.85. The van der Waals surface area contributed by atoms with Gasteiger partial charge in [-0.1, -0.05) is 24.3 Å². The monoisotopic (exact) mass is 406 g/mol. The van der Waals surface area contributed by atoms with E-state index in [0.717, 1.165) is 5.56 Å². The maximum Gasteiger partial charge on any atom is 0.289 e. The molecule has 1 aromatic heterocycles. The van der Waals surface area contributed by atoms with Gasteiger partial charge in [0, 0.05) is 6.54 Å². The van der Waals surface area contributed by atoms with E-state index in [-0.39, 0.29) is 30.2 Å². The van der Waals surface area contributed by atoms with Crippen LogP contribution in [0.25, 0.3) is 0 Å². The van der Waals surface area contributed by atoms with Crippen LogP contribution in [0.1, 0.15) is 33.5 Å². The number of nitriles is 1. The van der Waals surface area contributed by atoms with Gasteiger partial charge >= 0.3 is 0 Å². The van der Waals surface area contributed by atoms with E-state index in [2.05, 4.69) is 6.07 Å². The number of halogens is 1. The number of amides is 1. The van der Waals surface area contributed by atoms with E-state index >= 15 is 0 Å². The Balaban J connectivity index is 1.39. The van der Waals surface area contributed by atoms with Gasteiger partial charge in [0.25, 0.3) is 5.91 Å². The molecule has 1 amide bonds. The zero-order chi connectivity index (χ0) is 20.9. The number of hydrogen-bond donors (Lipinski definition) is 0. The summed E-state index contributed by atoms with van der Waals surface area (Å²) in [7, 11) is 0. The number of nitrogens with zero attached hydrogens (tertiary/aromatic N) is 2. The molecule has 0 radical (unpaired) electrons. The maximum absolute atomic E-state index is 13.2. The SMILES string of the molecule is N#Cc1ccccc1OCc1ccc(C(=O)N2CCOC(c3ccc(F)cc3)C2)o1. The molecule has 1 aliphatic rings. The van der Waals surface area contributed by atoms with Crippen molar-refractivity contribution in [1.82, 2.24) is 4.90 Å². The van der Waals surface area contributed by atoms with Crippen LogP contribution in [0, 0.1) is 17.1 Å². The quantitative estimate of drug-likeness (QED) is 0.638. The van der Waals surface area contributed by atoms with Crippen molar-refractivity contribution in [1.29, 1.82) is 5.26 Å². The van der Waals surface area contributed by atoms with Gasteiger partial charge in [-0.15, -0.1) is 0 Å². The van der Waals surface area contributed by atoms with Gasteiger partial charge in [-0.05, 0) is 42.0 Å². The minimum absolute atomic E-state index is 0.104. The van der Waals surface area contributed by atoms with Gasteiger partial charge in [0.15, 0.2) is 5.76 Å². The number of para-hydroxylation sites is 1. The van der Waals surface area contributed by atoms with Gasteiger partial charge in [0.2, 0.25) is 0 Å². The van der Waals surface area contributed by atoms with E-state index in [9.17, 15) is 9.18 Å². The molecule has 2 aromatic carbocycles. The summed E-state index contributed by atoms with van der Waals surface area (Å²) in [5.41, 5.74) is 1.25. The average Bonchev–Trinajstić information content (AvgIpc) is 3.27. The minimum atomic E-state index is -0.316. The zero-order valence-corrected chi connectivity index (χ0v) is 16.1. The van der Waals surface area contributed by atoms with Crippen LogP contribution >= 0.6 is 0 Å². The van der Waals surface area contributed by atoms with Crippen LogP contribution < -0.4 is 4.74 Å². The van der Waals surface area contributed by atoms with E-state index in [4.69, 9.17) is 19.2 Å². The molecule has 4 rings (SSSR count). The number of ether oxygens (including phenoxy) is 2. The van der Waals surface area contributed by atoms with Crippen molar-refractivity contribution < 1.29 is 23.1 Å².